The Morgan fingerprint density at radius 3 is 2.42 bits per heavy atom. The highest BCUT2D eigenvalue weighted by molar-refractivity contribution is 7.91. The minimum atomic E-state index is -4.51. The largest absolute Gasteiger partial charge is 0.385 e. The third-order valence-electron chi connectivity index (χ3n) is 2.42. The summed E-state index contributed by atoms with van der Waals surface area (Å²) < 4.78 is 52.1. The van der Waals surface area contributed by atoms with Crippen LogP contribution in [0.2, 0.25) is 0 Å². The molecule has 0 aliphatic heterocycles. The Kier molecular flexibility index (Phi) is 6.17. The lowest BCUT2D eigenvalue weighted by molar-refractivity contribution is 0.147. The molecule has 7 heteroatoms. The van der Waals surface area contributed by atoms with Crippen LogP contribution in [0.5, 0.6) is 0 Å². The molecular formula is C12H17F2NO3S. The molecule has 0 aromatic heterocycles. The minimum Gasteiger partial charge on any atom is -0.385 e. The molecule has 0 aliphatic carbocycles. The van der Waals surface area contributed by atoms with Gasteiger partial charge in [-0.05, 0) is 37.6 Å². The van der Waals surface area contributed by atoms with Gasteiger partial charge in [0, 0.05) is 25.4 Å². The first-order valence-electron chi connectivity index (χ1n) is 5.92. The predicted octanol–water partition coefficient (Wildman–Crippen LogP) is 2.52. The smallest absolute Gasteiger partial charge is 0.341 e. The summed E-state index contributed by atoms with van der Waals surface area (Å²) >= 11 is 0. The summed E-state index contributed by atoms with van der Waals surface area (Å²) in [5.41, 5.74) is 0.685. The average molecular weight is 293 g/mol. The molecule has 19 heavy (non-hydrogen) atoms. The zero-order valence-electron chi connectivity index (χ0n) is 10.6. The molecule has 0 bridgehead atoms. The second-order valence-corrected chi connectivity index (χ2v) is 5.73. The molecule has 0 heterocycles. The number of hydrogen-bond acceptors (Lipinski definition) is 4. The number of anilines is 1. The van der Waals surface area contributed by atoms with Gasteiger partial charge in [0.15, 0.2) is 0 Å². The van der Waals surface area contributed by atoms with Crippen LogP contribution in [0.4, 0.5) is 14.5 Å². The predicted molar refractivity (Wildman–Crippen MR) is 69.2 cm³/mol. The lowest BCUT2D eigenvalue weighted by Crippen LogP contribution is -2.11. The van der Waals surface area contributed by atoms with Gasteiger partial charge in [0.25, 0.3) is 0 Å². The van der Waals surface area contributed by atoms with E-state index in [9.17, 15) is 17.2 Å². The van der Waals surface area contributed by atoms with Crippen LogP contribution >= 0.6 is 0 Å². The fraction of sp³-hybridized carbons (Fsp3) is 0.500. The summed E-state index contributed by atoms with van der Waals surface area (Å²) in [7, 11) is -4.51. The topological polar surface area (TPSA) is 55.4 Å². The molecule has 1 aromatic carbocycles. The molecule has 4 nitrogen and oxygen atoms in total. The first kappa shape index (κ1) is 15.8. The summed E-state index contributed by atoms with van der Waals surface area (Å²) in [5.74, 6) is -3.39. The highest BCUT2D eigenvalue weighted by Gasteiger charge is 2.26. The van der Waals surface area contributed by atoms with Gasteiger partial charge in [-0.1, -0.05) is 0 Å². The van der Waals surface area contributed by atoms with Crippen LogP contribution in [-0.4, -0.2) is 33.9 Å². The zero-order chi connectivity index (χ0) is 14.3. The molecule has 0 amide bonds. The van der Waals surface area contributed by atoms with E-state index in [-0.39, 0.29) is 4.90 Å². The number of nitrogens with one attached hydrogen (secondary N) is 1. The van der Waals surface area contributed by atoms with E-state index in [1.165, 1.54) is 24.3 Å². The van der Waals surface area contributed by atoms with Gasteiger partial charge in [0.05, 0.1) is 4.90 Å². The van der Waals surface area contributed by atoms with Gasteiger partial charge < -0.3 is 10.1 Å². The van der Waals surface area contributed by atoms with Crippen LogP contribution in [0.1, 0.15) is 13.3 Å². The normalized spacial score (nSPS) is 11.8. The van der Waals surface area contributed by atoms with E-state index in [2.05, 4.69) is 5.32 Å². The second-order valence-electron chi connectivity index (χ2n) is 3.81. The molecule has 0 unspecified atom stereocenters. The Balaban J connectivity index is 2.53. The van der Waals surface area contributed by atoms with Crippen molar-refractivity contribution in [3.63, 3.8) is 0 Å². The van der Waals surface area contributed by atoms with Crippen LogP contribution in [0, 0.1) is 0 Å². The number of ether oxygens (including phenoxy) is 1. The summed E-state index contributed by atoms with van der Waals surface area (Å²) in [6, 6.07) is 5.28. The SMILES string of the molecule is CCOCCCNc1ccc(S(=O)(=O)C(F)F)cc1. The molecule has 0 spiro atoms. The van der Waals surface area contributed by atoms with Crippen LogP contribution in [0.25, 0.3) is 0 Å². The molecule has 0 atom stereocenters. The number of benzene rings is 1. The molecule has 1 aromatic rings. The van der Waals surface area contributed by atoms with E-state index in [4.69, 9.17) is 4.74 Å². The molecule has 0 aliphatic rings. The van der Waals surface area contributed by atoms with Crippen molar-refractivity contribution in [1.82, 2.24) is 0 Å². The molecular weight excluding hydrogens is 276 g/mol. The Labute approximate surface area is 111 Å². The van der Waals surface area contributed by atoms with Crippen LogP contribution in [0.3, 0.4) is 0 Å². The van der Waals surface area contributed by atoms with Gasteiger partial charge in [0.1, 0.15) is 0 Å². The van der Waals surface area contributed by atoms with Crippen molar-refractivity contribution in [2.75, 3.05) is 25.1 Å². The summed E-state index contributed by atoms with van der Waals surface area (Å²) in [4.78, 5) is -0.373. The summed E-state index contributed by atoms with van der Waals surface area (Å²) in [6.07, 6.45) is 0.810. The second kappa shape index (κ2) is 7.40. The Hall–Kier alpha value is -1.21. The Morgan fingerprint density at radius 1 is 1.26 bits per heavy atom. The summed E-state index contributed by atoms with van der Waals surface area (Å²) in [6.45, 7) is 3.89. The molecule has 0 saturated heterocycles. The number of hydrogen-bond donors (Lipinski definition) is 1. The van der Waals surface area contributed by atoms with Crippen molar-refractivity contribution < 1.29 is 21.9 Å². The van der Waals surface area contributed by atoms with Gasteiger partial charge >= 0.3 is 5.76 Å². The van der Waals surface area contributed by atoms with Crippen molar-refractivity contribution in [2.24, 2.45) is 0 Å². The standard InChI is InChI=1S/C12H17F2NO3S/c1-2-18-9-3-8-15-10-4-6-11(7-5-10)19(16,17)12(13)14/h4-7,12,15H,2-3,8-9H2,1H3. The van der Waals surface area contributed by atoms with E-state index in [0.717, 1.165) is 6.42 Å². The van der Waals surface area contributed by atoms with Crippen LogP contribution < -0.4 is 5.32 Å². The molecule has 0 saturated carbocycles. The zero-order valence-corrected chi connectivity index (χ0v) is 11.4. The van der Waals surface area contributed by atoms with Crippen molar-refractivity contribution >= 4 is 15.5 Å². The molecule has 108 valence electrons. The molecule has 0 fully saturated rings. The summed E-state index contributed by atoms with van der Waals surface area (Å²) in [5, 5.41) is 3.05. The van der Waals surface area contributed by atoms with E-state index in [0.29, 0.717) is 25.4 Å². The average Bonchev–Trinajstić information content (AvgIpc) is 2.39. The quantitative estimate of drug-likeness (QED) is 0.748. The molecule has 1 N–H and O–H groups in total. The lowest BCUT2D eigenvalue weighted by Gasteiger charge is -2.08. The number of halogens is 2. The maximum absolute atomic E-state index is 12.3. The van der Waals surface area contributed by atoms with E-state index in [1.807, 2.05) is 6.92 Å². The van der Waals surface area contributed by atoms with Crippen molar-refractivity contribution in [3.05, 3.63) is 24.3 Å². The monoisotopic (exact) mass is 293 g/mol. The Bertz CT molecular complexity index is 474. The fourth-order valence-corrected chi connectivity index (χ4v) is 2.14. The first-order chi connectivity index (χ1) is 8.98. The third kappa shape index (κ3) is 4.76. The third-order valence-corrected chi connectivity index (χ3v) is 3.81. The van der Waals surface area contributed by atoms with Crippen molar-refractivity contribution in [3.8, 4) is 0 Å². The molecule has 1 rings (SSSR count). The Morgan fingerprint density at radius 2 is 1.89 bits per heavy atom. The number of rotatable bonds is 8. The first-order valence-corrected chi connectivity index (χ1v) is 7.47. The van der Waals surface area contributed by atoms with Gasteiger partial charge in [0.2, 0.25) is 9.84 Å². The highest BCUT2D eigenvalue weighted by Crippen LogP contribution is 2.20. The van der Waals surface area contributed by atoms with E-state index in [1.54, 1.807) is 0 Å². The van der Waals surface area contributed by atoms with Gasteiger partial charge in [-0.25, -0.2) is 8.42 Å². The number of alkyl halides is 2. The van der Waals surface area contributed by atoms with Crippen molar-refractivity contribution in [2.45, 2.75) is 24.0 Å². The number of sulfone groups is 1. The maximum atomic E-state index is 12.3. The van der Waals surface area contributed by atoms with Crippen LogP contribution in [0.15, 0.2) is 29.2 Å². The van der Waals surface area contributed by atoms with Gasteiger partial charge in [-0.2, -0.15) is 8.78 Å². The van der Waals surface area contributed by atoms with Crippen LogP contribution in [-0.2, 0) is 14.6 Å². The van der Waals surface area contributed by atoms with Crippen molar-refractivity contribution in [1.29, 1.82) is 0 Å². The fourth-order valence-electron chi connectivity index (χ4n) is 1.42. The maximum Gasteiger partial charge on any atom is 0.341 e. The molecule has 0 radical (unpaired) electrons. The highest BCUT2D eigenvalue weighted by atomic mass is 32.2. The van der Waals surface area contributed by atoms with Gasteiger partial charge in [-0.15, -0.1) is 0 Å². The van der Waals surface area contributed by atoms with Gasteiger partial charge in [-0.3, -0.25) is 0 Å². The lowest BCUT2D eigenvalue weighted by atomic mass is 10.3. The minimum absolute atomic E-state index is 0.373. The van der Waals surface area contributed by atoms with E-state index >= 15 is 0 Å². The van der Waals surface area contributed by atoms with E-state index < -0.39 is 15.6 Å².